The van der Waals surface area contributed by atoms with Gasteiger partial charge in [-0.15, -0.1) is 0 Å². The molecule has 3 aliphatic rings. The first-order valence-corrected chi connectivity index (χ1v) is 8.83. The van der Waals surface area contributed by atoms with Crippen LogP contribution in [0.3, 0.4) is 0 Å². The molecule has 2 aliphatic carbocycles. The van der Waals surface area contributed by atoms with Crippen LogP contribution in [0.1, 0.15) is 72.6 Å². The van der Waals surface area contributed by atoms with Crippen LogP contribution in [0.25, 0.3) is 0 Å². The zero-order valence-corrected chi connectivity index (χ0v) is 14.4. The second-order valence-corrected chi connectivity index (χ2v) is 8.50. The van der Waals surface area contributed by atoms with Crippen LogP contribution in [0.4, 0.5) is 0 Å². The SMILES string of the molecule is C=C(C)[C@H]1CC[C@]2(C)C[C@@H]3O[C@@]3(C)CCC=C(C)CC[C@@H]12. The van der Waals surface area contributed by atoms with Crippen molar-refractivity contribution in [3.05, 3.63) is 23.8 Å². The highest BCUT2D eigenvalue weighted by Crippen LogP contribution is 2.58. The molecule has 0 aromatic heterocycles. The fraction of sp³-hybridized carbons (Fsp3) is 0.800. The number of rotatable bonds is 1. The standard InChI is InChI=1S/C20H32O/c1-14(2)16-10-12-19(4)13-18-20(5,21-18)11-6-7-15(3)8-9-17(16)19/h7,16-18H,1,6,8-13H2,2-5H3/t16-,17+,18+,19-,20+/m1/s1. The Morgan fingerprint density at radius 2 is 2.05 bits per heavy atom. The molecule has 3 rings (SSSR count). The molecule has 2 fully saturated rings. The summed E-state index contributed by atoms with van der Waals surface area (Å²) in [6.45, 7) is 13.7. The number of allylic oxidation sites excluding steroid dienone is 3. The normalized spacial score (nSPS) is 46.9. The van der Waals surface area contributed by atoms with Crippen molar-refractivity contribution in [2.75, 3.05) is 0 Å². The van der Waals surface area contributed by atoms with Gasteiger partial charge in [-0.25, -0.2) is 0 Å². The Balaban J connectivity index is 1.85. The van der Waals surface area contributed by atoms with Crippen LogP contribution in [0, 0.1) is 17.3 Å². The molecule has 1 heteroatoms. The van der Waals surface area contributed by atoms with E-state index in [1.807, 2.05) is 0 Å². The molecule has 1 saturated heterocycles. The van der Waals surface area contributed by atoms with Gasteiger partial charge in [-0.1, -0.05) is 30.7 Å². The summed E-state index contributed by atoms with van der Waals surface area (Å²) >= 11 is 0. The van der Waals surface area contributed by atoms with E-state index in [0.29, 0.717) is 11.5 Å². The van der Waals surface area contributed by atoms with Gasteiger partial charge in [0.05, 0.1) is 11.7 Å². The van der Waals surface area contributed by atoms with Crippen molar-refractivity contribution in [1.29, 1.82) is 0 Å². The lowest BCUT2D eigenvalue weighted by Crippen LogP contribution is -2.29. The molecule has 118 valence electrons. The number of hydrogen-bond donors (Lipinski definition) is 0. The van der Waals surface area contributed by atoms with Crippen molar-refractivity contribution in [2.24, 2.45) is 17.3 Å². The maximum absolute atomic E-state index is 6.13. The average molecular weight is 288 g/mol. The molecule has 0 spiro atoms. The largest absolute Gasteiger partial charge is 0.366 e. The highest BCUT2D eigenvalue weighted by molar-refractivity contribution is 5.13. The Morgan fingerprint density at radius 1 is 1.29 bits per heavy atom. The first-order valence-electron chi connectivity index (χ1n) is 8.83. The lowest BCUT2D eigenvalue weighted by Gasteiger charge is -2.35. The molecule has 1 aliphatic heterocycles. The lowest BCUT2D eigenvalue weighted by atomic mass is 9.69. The quantitative estimate of drug-likeness (QED) is 0.448. The van der Waals surface area contributed by atoms with E-state index in [9.17, 15) is 0 Å². The van der Waals surface area contributed by atoms with E-state index in [0.717, 1.165) is 11.8 Å². The minimum atomic E-state index is 0.163. The molecule has 0 aromatic carbocycles. The molecule has 0 bridgehead atoms. The summed E-state index contributed by atoms with van der Waals surface area (Å²) in [5, 5.41) is 0. The van der Waals surface area contributed by atoms with Gasteiger partial charge in [-0.3, -0.25) is 0 Å². The molecule has 0 radical (unpaired) electrons. The van der Waals surface area contributed by atoms with Crippen molar-refractivity contribution < 1.29 is 4.74 Å². The summed E-state index contributed by atoms with van der Waals surface area (Å²) in [4.78, 5) is 0. The summed E-state index contributed by atoms with van der Waals surface area (Å²) in [6, 6.07) is 0. The summed E-state index contributed by atoms with van der Waals surface area (Å²) in [5.74, 6) is 1.53. The topological polar surface area (TPSA) is 12.5 Å². The van der Waals surface area contributed by atoms with Crippen molar-refractivity contribution in [1.82, 2.24) is 0 Å². The van der Waals surface area contributed by atoms with E-state index < -0.39 is 0 Å². The van der Waals surface area contributed by atoms with Crippen molar-refractivity contribution in [2.45, 2.75) is 84.3 Å². The molecule has 0 aromatic rings. The zero-order chi connectivity index (χ0) is 15.3. The second kappa shape index (κ2) is 5.26. The molecule has 0 N–H and O–H groups in total. The van der Waals surface area contributed by atoms with Gasteiger partial charge >= 0.3 is 0 Å². The number of ether oxygens (including phenoxy) is 1. The van der Waals surface area contributed by atoms with E-state index in [4.69, 9.17) is 4.74 Å². The molecular weight excluding hydrogens is 256 g/mol. The second-order valence-electron chi connectivity index (χ2n) is 8.50. The molecule has 21 heavy (non-hydrogen) atoms. The van der Waals surface area contributed by atoms with E-state index >= 15 is 0 Å². The van der Waals surface area contributed by atoms with Crippen molar-refractivity contribution in [3.8, 4) is 0 Å². The summed E-state index contributed by atoms with van der Waals surface area (Å²) in [5.41, 5.74) is 3.60. The van der Waals surface area contributed by atoms with E-state index in [2.05, 4.69) is 40.3 Å². The van der Waals surface area contributed by atoms with Gasteiger partial charge in [0.1, 0.15) is 0 Å². The Hall–Kier alpha value is -0.560. The van der Waals surface area contributed by atoms with E-state index in [1.165, 1.54) is 50.5 Å². The molecule has 5 atom stereocenters. The lowest BCUT2D eigenvalue weighted by molar-refractivity contribution is 0.158. The molecule has 1 heterocycles. The third-order valence-electron chi connectivity index (χ3n) is 6.71. The Bertz CT molecular complexity index is 462. The van der Waals surface area contributed by atoms with E-state index in [1.54, 1.807) is 5.57 Å². The number of epoxide rings is 1. The predicted molar refractivity (Wildman–Crippen MR) is 89.3 cm³/mol. The van der Waals surface area contributed by atoms with Crippen LogP contribution in [-0.4, -0.2) is 11.7 Å². The Morgan fingerprint density at radius 3 is 2.76 bits per heavy atom. The molecular formula is C20H32O. The molecule has 1 saturated carbocycles. The van der Waals surface area contributed by atoms with Crippen LogP contribution >= 0.6 is 0 Å². The number of fused-ring (bicyclic) bond motifs is 2. The monoisotopic (exact) mass is 288 g/mol. The first kappa shape index (κ1) is 15.3. The van der Waals surface area contributed by atoms with Crippen LogP contribution in [-0.2, 0) is 4.74 Å². The molecule has 0 amide bonds. The van der Waals surface area contributed by atoms with Crippen LogP contribution in [0.2, 0.25) is 0 Å². The average Bonchev–Trinajstić information content (AvgIpc) is 2.88. The predicted octanol–water partition coefficient (Wildman–Crippen LogP) is 5.66. The zero-order valence-electron chi connectivity index (χ0n) is 14.4. The maximum Gasteiger partial charge on any atom is 0.0923 e. The number of hydrogen-bond acceptors (Lipinski definition) is 1. The summed E-state index contributed by atoms with van der Waals surface area (Å²) in [6.07, 6.45) is 11.9. The van der Waals surface area contributed by atoms with Gasteiger partial charge in [-0.2, -0.15) is 0 Å². The van der Waals surface area contributed by atoms with E-state index in [-0.39, 0.29) is 5.60 Å². The third-order valence-corrected chi connectivity index (χ3v) is 6.71. The molecule has 1 nitrogen and oxygen atoms in total. The molecule has 0 unspecified atom stereocenters. The summed E-state index contributed by atoms with van der Waals surface area (Å²) < 4.78 is 6.13. The minimum Gasteiger partial charge on any atom is -0.366 e. The maximum atomic E-state index is 6.13. The van der Waals surface area contributed by atoms with Gasteiger partial charge in [0.15, 0.2) is 0 Å². The van der Waals surface area contributed by atoms with Crippen LogP contribution < -0.4 is 0 Å². The van der Waals surface area contributed by atoms with Gasteiger partial charge < -0.3 is 4.74 Å². The fourth-order valence-electron chi connectivity index (χ4n) is 5.03. The van der Waals surface area contributed by atoms with Crippen molar-refractivity contribution >= 4 is 0 Å². The van der Waals surface area contributed by atoms with Gasteiger partial charge in [-0.05, 0) is 83.0 Å². The summed E-state index contributed by atoms with van der Waals surface area (Å²) in [7, 11) is 0. The minimum absolute atomic E-state index is 0.163. The smallest absolute Gasteiger partial charge is 0.0923 e. The Labute approximate surface area is 130 Å². The highest BCUT2D eigenvalue weighted by Gasteiger charge is 2.56. The van der Waals surface area contributed by atoms with Crippen LogP contribution in [0.15, 0.2) is 23.8 Å². The van der Waals surface area contributed by atoms with Crippen molar-refractivity contribution in [3.63, 3.8) is 0 Å². The first-order chi connectivity index (χ1) is 9.84. The van der Waals surface area contributed by atoms with Gasteiger partial charge in [0.2, 0.25) is 0 Å². The third kappa shape index (κ3) is 2.86. The van der Waals surface area contributed by atoms with Crippen LogP contribution in [0.5, 0.6) is 0 Å². The van der Waals surface area contributed by atoms with Gasteiger partial charge in [0.25, 0.3) is 0 Å². The fourth-order valence-corrected chi connectivity index (χ4v) is 5.03. The Kier molecular flexibility index (Phi) is 3.84. The van der Waals surface area contributed by atoms with Gasteiger partial charge in [0, 0.05) is 0 Å². The highest BCUT2D eigenvalue weighted by atomic mass is 16.6.